The highest BCUT2D eigenvalue weighted by Gasteiger charge is 2.22. The molecule has 0 fully saturated rings. The van der Waals surface area contributed by atoms with Crippen molar-refractivity contribution in [3.63, 3.8) is 0 Å². The van der Waals surface area contributed by atoms with Crippen LogP contribution in [0.4, 0.5) is 0 Å². The summed E-state index contributed by atoms with van der Waals surface area (Å²) in [5.41, 5.74) is 3.61. The summed E-state index contributed by atoms with van der Waals surface area (Å²) in [7, 11) is 0. The van der Waals surface area contributed by atoms with Crippen molar-refractivity contribution in [2.45, 2.75) is 52.8 Å². The van der Waals surface area contributed by atoms with Crippen molar-refractivity contribution >= 4 is 0 Å². The Morgan fingerprint density at radius 1 is 1.31 bits per heavy atom. The maximum Gasteiger partial charge on any atom is 0.0688 e. The van der Waals surface area contributed by atoms with Crippen LogP contribution in [0.5, 0.6) is 0 Å². The molecule has 0 heterocycles. The summed E-state index contributed by atoms with van der Waals surface area (Å²) in [6.07, 6.45) is -0.363. The fourth-order valence-electron chi connectivity index (χ4n) is 1.46. The zero-order chi connectivity index (χ0) is 12.3. The summed E-state index contributed by atoms with van der Waals surface area (Å²) >= 11 is 0. The van der Waals surface area contributed by atoms with E-state index in [1.807, 2.05) is 20.8 Å². The lowest BCUT2D eigenvalue weighted by Gasteiger charge is -2.30. The first-order valence-corrected chi connectivity index (χ1v) is 5.82. The van der Waals surface area contributed by atoms with Crippen LogP contribution < -0.4 is 5.32 Å². The molecule has 90 valence electrons. The van der Waals surface area contributed by atoms with Gasteiger partial charge in [0.25, 0.3) is 0 Å². The molecule has 0 aliphatic heterocycles. The van der Waals surface area contributed by atoms with Crippen LogP contribution in [-0.2, 0) is 6.54 Å². The smallest absolute Gasteiger partial charge is 0.0688 e. The molecule has 16 heavy (non-hydrogen) atoms. The molecular formula is C14H23NO. The quantitative estimate of drug-likeness (QED) is 0.819. The number of rotatable bonds is 4. The Labute approximate surface area is 98.7 Å². The molecule has 1 aromatic carbocycles. The van der Waals surface area contributed by atoms with Crippen molar-refractivity contribution in [1.29, 1.82) is 0 Å². The second kappa shape index (κ2) is 4.98. The molecule has 0 spiro atoms. The summed E-state index contributed by atoms with van der Waals surface area (Å²) in [6.45, 7) is 10.9. The molecule has 0 saturated heterocycles. The molecular weight excluding hydrogens is 198 g/mol. The van der Waals surface area contributed by atoms with Crippen LogP contribution in [0.25, 0.3) is 0 Å². The molecule has 2 N–H and O–H groups in total. The number of hydrogen-bond acceptors (Lipinski definition) is 2. The minimum absolute atomic E-state index is 0.254. The van der Waals surface area contributed by atoms with Crippen LogP contribution in [0.2, 0.25) is 0 Å². The Bertz CT molecular complexity index is 356. The van der Waals surface area contributed by atoms with E-state index in [1.165, 1.54) is 16.7 Å². The van der Waals surface area contributed by atoms with Gasteiger partial charge in [-0.1, -0.05) is 23.8 Å². The Morgan fingerprint density at radius 2 is 1.94 bits per heavy atom. The third-order valence-electron chi connectivity index (χ3n) is 3.28. The van der Waals surface area contributed by atoms with Gasteiger partial charge in [-0.05, 0) is 45.7 Å². The first-order valence-electron chi connectivity index (χ1n) is 5.82. The summed E-state index contributed by atoms with van der Waals surface area (Å²) in [4.78, 5) is 0. The SMILES string of the molecule is Cc1ccc(C)c(CNC(C)(C)C(C)O)c1. The van der Waals surface area contributed by atoms with E-state index >= 15 is 0 Å². The van der Waals surface area contributed by atoms with Crippen LogP contribution in [0, 0.1) is 13.8 Å². The molecule has 0 aliphatic rings. The van der Waals surface area contributed by atoms with Crippen LogP contribution in [0.1, 0.15) is 37.5 Å². The van der Waals surface area contributed by atoms with Crippen molar-refractivity contribution < 1.29 is 5.11 Å². The Kier molecular flexibility index (Phi) is 4.11. The average Bonchev–Trinajstić information content (AvgIpc) is 2.19. The number of benzene rings is 1. The molecule has 0 radical (unpaired) electrons. The molecule has 1 aromatic rings. The molecule has 0 bridgehead atoms. The maximum absolute atomic E-state index is 9.62. The van der Waals surface area contributed by atoms with Crippen molar-refractivity contribution in [3.05, 3.63) is 34.9 Å². The molecule has 0 aromatic heterocycles. The highest BCUT2D eigenvalue weighted by Crippen LogP contribution is 2.14. The van der Waals surface area contributed by atoms with Gasteiger partial charge in [0, 0.05) is 12.1 Å². The number of nitrogens with one attached hydrogen (secondary N) is 1. The van der Waals surface area contributed by atoms with Crippen LogP contribution in [0.3, 0.4) is 0 Å². The van der Waals surface area contributed by atoms with Gasteiger partial charge in [-0.3, -0.25) is 0 Å². The van der Waals surface area contributed by atoms with E-state index in [2.05, 4.69) is 37.4 Å². The zero-order valence-electron chi connectivity index (χ0n) is 11.0. The molecule has 1 rings (SSSR count). The first-order chi connectivity index (χ1) is 7.33. The molecule has 0 aliphatic carbocycles. The van der Waals surface area contributed by atoms with Crippen LogP contribution >= 0.6 is 0 Å². The highest BCUT2D eigenvalue weighted by molar-refractivity contribution is 5.30. The summed E-state index contributed by atoms with van der Waals surface area (Å²) < 4.78 is 0. The fourth-order valence-corrected chi connectivity index (χ4v) is 1.46. The molecule has 1 unspecified atom stereocenters. The van der Waals surface area contributed by atoms with E-state index < -0.39 is 0 Å². The van der Waals surface area contributed by atoms with Gasteiger partial charge in [-0.15, -0.1) is 0 Å². The van der Waals surface area contributed by atoms with Crippen LogP contribution in [-0.4, -0.2) is 16.7 Å². The van der Waals surface area contributed by atoms with Gasteiger partial charge in [0.05, 0.1) is 6.10 Å². The lowest BCUT2D eigenvalue weighted by molar-refractivity contribution is 0.0956. The fraction of sp³-hybridized carbons (Fsp3) is 0.571. The van der Waals surface area contributed by atoms with Gasteiger partial charge in [0.1, 0.15) is 0 Å². The van der Waals surface area contributed by atoms with Crippen molar-refractivity contribution in [1.82, 2.24) is 5.32 Å². The summed E-state index contributed by atoms with van der Waals surface area (Å²) in [5.74, 6) is 0. The van der Waals surface area contributed by atoms with E-state index in [9.17, 15) is 5.11 Å². The van der Waals surface area contributed by atoms with Gasteiger partial charge < -0.3 is 10.4 Å². The van der Waals surface area contributed by atoms with E-state index in [4.69, 9.17) is 0 Å². The topological polar surface area (TPSA) is 32.3 Å². The Balaban J connectivity index is 2.71. The second-order valence-corrected chi connectivity index (χ2v) is 5.18. The van der Waals surface area contributed by atoms with E-state index in [1.54, 1.807) is 0 Å². The largest absolute Gasteiger partial charge is 0.392 e. The van der Waals surface area contributed by atoms with Gasteiger partial charge in [-0.2, -0.15) is 0 Å². The standard InChI is InChI=1S/C14H23NO/c1-10-6-7-11(2)13(8-10)9-15-14(4,5)12(3)16/h6-8,12,15-16H,9H2,1-5H3. The third kappa shape index (κ3) is 3.32. The third-order valence-corrected chi connectivity index (χ3v) is 3.28. The van der Waals surface area contributed by atoms with E-state index in [0.717, 1.165) is 6.54 Å². The molecule has 2 heteroatoms. The highest BCUT2D eigenvalue weighted by atomic mass is 16.3. The number of aliphatic hydroxyl groups excluding tert-OH is 1. The minimum Gasteiger partial charge on any atom is -0.392 e. The number of aliphatic hydroxyl groups is 1. The van der Waals surface area contributed by atoms with Gasteiger partial charge in [0.15, 0.2) is 0 Å². The van der Waals surface area contributed by atoms with E-state index in [0.29, 0.717) is 0 Å². The average molecular weight is 221 g/mol. The zero-order valence-corrected chi connectivity index (χ0v) is 11.0. The Morgan fingerprint density at radius 3 is 2.50 bits per heavy atom. The van der Waals surface area contributed by atoms with E-state index in [-0.39, 0.29) is 11.6 Å². The lowest BCUT2D eigenvalue weighted by Crippen LogP contribution is -2.47. The second-order valence-electron chi connectivity index (χ2n) is 5.18. The lowest BCUT2D eigenvalue weighted by atomic mass is 9.97. The molecule has 0 amide bonds. The molecule has 0 saturated carbocycles. The molecule has 1 atom stereocenters. The van der Waals surface area contributed by atoms with Gasteiger partial charge in [-0.25, -0.2) is 0 Å². The van der Waals surface area contributed by atoms with Gasteiger partial charge in [0.2, 0.25) is 0 Å². The van der Waals surface area contributed by atoms with Crippen molar-refractivity contribution in [2.75, 3.05) is 0 Å². The Hall–Kier alpha value is -0.860. The number of hydrogen-bond donors (Lipinski definition) is 2. The maximum atomic E-state index is 9.62. The predicted octanol–water partition coefficient (Wildman–Crippen LogP) is 2.55. The minimum atomic E-state index is -0.363. The normalized spacial score (nSPS) is 13.9. The summed E-state index contributed by atoms with van der Waals surface area (Å²) in [5, 5.41) is 13.0. The molecule has 2 nitrogen and oxygen atoms in total. The van der Waals surface area contributed by atoms with Crippen LogP contribution in [0.15, 0.2) is 18.2 Å². The number of aryl methyl sites for hydroxylation is 2. The van der Waals surface area contributed by atoms with Crippen molar-refractivity contribution in [2.24, 2.45) is 0 Å². The predicted molar refractivity (Wildman–Crippen MR) is 68.5 cm³/mol. The van der Waals surface area contributed by atoms with Crippen molar-refractivity contribution in [3.8, 4) is 0 Å². The first kappa shape index (κ1) is 13.2. The van der Waals surface area contributed by atoms with Gasteiger partial charge >= 0.3 is 0 Å². The summed E-state index contributed by atoms with van der Waals surface area (Å²) in [6, 6.07) is 6.46. The monoisotopic (exact) mass is 221 g/mol.